The molecule has 8 heteroatoms. The standard InChI is InChI=1S/C22H24FN5O2/c1-2-28(20-6-5-17(12-24)13-27-20)10-9-26-21(29)16-30-22(7-3-4-8-22)18-11-19(23)15-25-14-18/h5-6,9-11,13-15H,2-4,7-8,16H2,1H3,(H,26,29)/b10-9+. The Balaban J connectivity index is 1.57. The number of carbonyl (C=O) groups is 1. The first-order valence-electron chi connectivity index (χ1n) is 9.90. The molecule has 3 rings (SSSR count). The van der Waals surface area contributed by atoms with Crippen LogP contribution >= 0.6 is 0 Å². The summed E-state index contributed by atoms with van der Waals surface area (Å²) >= 11 is 0. The van der Waals surface area contributed by atoms with E-state index >= 15 is 0 Å². The van der Waals surface area contributed by atoms with Gasteiger partial charge in [0.25, 0.3) is 0 Å². The van der Waals surface area contributed by atoms with Crippen molar-refractivity contribution >= 4 is 11.7 Å². The summed E-state index contributed by atoms with van der Waals surface area (Å²) in [6, 6.07) is 6.89. The smallest absolute Gasteiger partial charge is 0.250 e. The van der Waals surface area contributed by atoms with Gasteiger partial charge in [-0.25, -0.2) is 9.37 Å². The van der Waals surface area contributed by atoms with Crippen LogP contribution in [0.4, 0.5) is 10.2 Å². The Morgan fingerprint density at radius 1 is 1.37 bits per heavy atom. The van der Waals surface area contributed by atoms with E-state index in [0.717, 1.165) is 31.9 Å². The van der Waals surface area contributed by atoms with E-state index in [9.17, 15) is 9.18 Å². The molecule has 0 aliphatic heterocycles. The lowest BCUT2D eigenvalue weighted by Crippen LogP contribution is -2.33. The highest BCUT2D eigenvalue weighted by atomic mass is 19.1. The van der Waals surface area contributed by atoms with Crippen LogP contribution in [0.2, 0.25) is 0 Å². The van der Waals surface area contributed by atoms with Gasteiger partial charge in [0.15, 0.2) is 0 Å². The highest BCUT2D eigenvalue weighted by Crippen LogP contribution is 2.41. The lowest BCUT2D eigenvalue weighted by molar-refractivity contribution is -0.133. The molecule has 30 heavy (non-hydrogen) atoms. The Labute approximate surface area is 175 Å². The number of hydrogen-bond donors (Lipinski definition) is 1. The van der Waals surface area contributed by atoms with Crippen LogP contribution in [0.5, 0.6) is 0 Å². The monoisotopic (exact) mass is 409 g/mol. The molecule has 1 saturated carbocycles. The first kappa shape index (κ1) is 21.4. The van der Waals surface area contributed by atoms with E-state index in [1.165, 1.54) is 18.5 Å². The molecule has 0 saturated heterocycles. The average molecular weight is 409 g/mol. The van der Waals surface area contributed by atoms with Gasteiger partial charge in [-0.1, -0.05) is 12.8 Å². The minimum absolute atomic E-state index is 0.137. The Kier molecular flexibility index (Phi) is 7.09. The first-order chi connectivity index (χ1) is 14.6. The second kappa shape index (κ2) is 9.94. The van der Waals surface area contributed by atoms with Gasteiger partial charge < -0.3 is 15.0 Å². The van der Waals surface area contributed by atoms with Gasteiger partial charge in [0, 0.05) is 36.9 Å². The molecule has 156 valence electrons. The molecule has 0 aromatic carbocycles. The minimum Gasteiger partial charge on any atom is -0.360 e. The number of pyridine rings is 2. The fourth-order valence-electron chi connectivity index (χ4n) is 3.55. The van der Waals surface area contributed by atoms with E-state index in [1.807, 2.05) is 17.9 Å². The number of amides is 1. The van der Waals surface area contributed by atoms with Gasteiger partial charge >= 0.3 is 0 Å². The fourth-order valence-corrected chi connectivity index (χ4v) is 3.55. The zero-order chi connectivity index (χ0) is 21.4. The van der Waals surface area contributed by atoms with E-state index in [0.29, 0.717) is 23.5 Å². The predicted molar refractivity (Wildman–Crippen MR) is 110 cm³/mol. The van der Waals surface area contributed by atoms with Crippen LogP contribution in [0.15, 0.2) is 49.2 Å². The number of carbonyl (C=O) groups excluding carboxylic acids is 1. The minimum atomic E-state index is -0.669. The van der Waals surface area contributed by atoms with Gasteiger partial charge in [0.2, 0.25) is 5.91 Å². The van der Waals surface area contributed by atoms with Gasteiger partial charge in [-0.15, -0.1) is 0 Å². The summed E-state index contributed by atoms with van der Waals surface area (Å²) in [5, 5.41) is 11.5. The van der Waals surface area contributed by atoms with Crippen LogP contribution in [-0.2, 0) is 15.1 Å². The number of nitrogens with one attached hydrogen (secondary N) is 1. The topological polar surface area (TPSA) is 91.1 Å². The van der Waals surface area contributed by atoms with Crippen molar-refractivity contribution in [1.29, 1.82) is 5.26 Å². The highest BCUT2D eigenvalue weighted by Gasteiger charge is 2.37. The lowest BCUT2D eigenvalue weighted by atomic mass is 9.93. The number of anilines is 1. The maximum absolute atomic E-state index is 13.6. The maximum atomic E-state index is 13.6. The summed E-state index contributed by atoms with van der Waals surface area (Å²) in [5.74, 6) is -0.0432. The van der Waals surface area contributed by atoms with Gasteiger partial charge in [-0.2, -0.15) is 5.26 Å². The number of ether oxygens (including phenoxy) is 1. The third kappa shape index (κ3) is 5.19. The molecular weight excluding hydrogens is 385 g/mol. The summed E-state index contributed by atoms with van der Waals surface area (Å²) in [4.78, 5) is 22.3. The number of nitrogens with zero attached hydrogens (tertiary/aromatic N) is 4. The van der Waals surface area contributed by atoms with Crippen molar-refractivity contribution in [3.05, 3.63) is 66.1 Å². The van der Waals surface area contributed by atoms with Crippen molar-refractivity contribution < 1.29 is 13.9 Å². The van der Waals surface area contributed by atoms with Crippen LogP contribution in [0.1, 0.15) is 43.7 Å². The Bertz CT molecular complexity index is 933. The highest BCUT2D eigenvalue weighted by molar-refractivity contribution is 5.78. The molecule has 7 nitrogen and oxygen atoms in total. The predicted octanol–water partition coefficient (Wildman–Crippen LogP) is 3.39. The Morgan fingerprint density at radius 3 is 2.80 bits per heavy atom. The number of hydrogen-bond acceptors (Lipinski definition) is 6. The van der Waals surface area contributed by atoms with Gasteiger partial charge in [0.05, 0.1) is 17.4 Å². The third-order valence-electron chi connectivity index (χ3n) is 5.13. The molecule has 0 atom stereocenters. The van der Waals surface area contributed by atoms with Crippen molar-refractivity contribution in [2.75, 3.05) is 18.1 Å². The molecular formula is C22H24FN5O2. The Hall–Kier alpha value is -3.31. The summed E-state index contributed by atoms with van der Waals surface area (Å²) in [6.45, 7) is 2.45. The third-order valence-corrected chi connectivity index (χ3v) is 5.13. The normalized spacial score (nSPS) is 15.1. The summed E-state index contributed by atoms with van der Waals surface area (Å²) < 4.78 is 19.6. The van der Waals surface area contributed by atoms with Crippen LogP contribution in [-0.4, -0.2) is 29.0 Å². The van der Waals surface area contributed by atoms with Crippen molar-refractivity contribution in [2.24, 2.45) is 0 Å². The number of nitriles is 1. The summed E-state index contributed by atoms with van der Waals surface area (Å²) in [7, 11) is 0. The van der Waals surface area contributed by atoms with Gasteiger partial charge in [0.1, 0.15) is 24.3 Å². The van der Waals surface area contributed by atoms with Crippen LogP contribution in [0.25, 0.3) is 0 Å². The van der Waals surface area contributed by atoms with Crippen molar-refractivity contribution in [2.45, 2.75) is 38.2 Å². The molecule has 0 unspecified atom stereocenters. The van der Waals surface area contributed by atoms with Gasteiger partial charge in [-0.05, 0) is 38.0 Å². The van der Waals surface area contributed by atoms with E-state index in [4.69, 9.17) is 10.00 Å². The second-order valence-corrected chi connectivity index (χ2v) is 7.07. The van der Waals surface area contributed by atoms with Gasteiger partial charge in [-0.3, -0.25) is 9.78 Å². The molecule has 2 aromatic heterocycles. The summed E-state index contributed by atoms with van der Waals surface area (Å²) in [6.07, 6.45) is 10.9. The number of aromatic nitrogens is 2. The molecule has 0 spiro atoms. The number of halogens is 1. The lowest BCUT2D eigenvalue weighted by Gasteiger charge is -2.29. The van der Waals surface area contributed by atoms with Crippen LogP contribution in [0, 0.1) is 17.1 Å². The molecule has 2 heterocycles. The molecule has 1 fully saturated rings. The van der Waals surface area contributed by atoms with E-state index in [-0.39, 0.29) is 12.5 Å². The first-order valence-corrected chi connectivity index (χ1v) is 9.90. The zero-order valence-electron chi connectivity index (χ0n) is 16.8. The maximum Gasteiger partial charge on any atom is 0.250 e. The van der Waals surface area contributed by atoms with Crippen molar-refractivity contribution in [3.63, 3.8) is 0 Å². The quantitative estimate of drug-likeness (QED) is 0.719. The van der Waals surface area contributed by atoms with Crippen molar-refractivity contribution in [1.82, 2.24) is 15.3 Å². The molecule has 1 aliphatic carbocycles. The number of rotatable bonds is 8. The molecule has 1 aliphatic rings. The molecule has 2 aromatic rings. The summed E-state index contributed by atoms with van der Waals surface area (Å²) in [5.41, 5.74) is 0.490. The van der Waals surface area contributed by atoms with Crippen LogP contribution in [0.3, 0.4) is 0 Å². The van der Waals surface area contributed by atoms with E-state index < -0.39 is 11.4 Å². The van der Waals surface area contributed by atoms with E-state index in [1.54, 1.807) is 24.5 Å². The van der Waals surface area contributed by atoms with Crippen molar-refractivity contribution in [3.8, 4) is 6.07 Å². The molecule has 0 radical (unpaired) electrons. The average Bonchev–Trinajstić information content (AvgIpc) is 3.26. The largest absolute Gasteiger partial charge is 0.360 e. The molecule has 0 bridgehead atoms. The second-order valence-electron chi connectivity index (χ2n) is 7.07. The molecule has 1 N–H and O–H groups in total. The van der Waals surface area contributed by atoms with Crippen LogP contribution < -0.4 is 10.2 Å². The fraction of sp³-hybridized carbons (Fsp3) is 0.364. The SMILES string of the molecule is CCN(/C=C/NC(=O)COC1(c2cncc(F)c2)CCCC1)c1ccc(C#N)cn1. The Morgan fingerprint density at radius 2 is 2.17 bits per heavy atom. The van der Waals surface area contributed by atoms with E-state index in [2.05, 4.69) is 15.3 Å². The zero-order valence-corrected chi connectivity index (χ0v) is 16.8. The molecule has 1 amide bonds.